The van der Waals surface area contributed by atoms with E-state index in [2.05, 4.69) is 5.32 Å². The Kier molecular flexibility index (Phi) is 5.08. The van der Waals surface area contributed by atoms with Crippen LogP contribution in [0, 0.1) is 6.92 Å². The normalized spacial score (nSPS) is 10.9. The number of aryl methyl sites for hydroxylation is 1. The second-order valence-electron chi connectivity index (χ2n) is 6.73. The van der Waals surface area contributed by atoms with Gasteiger partial charge in [0, 0.05) is 17.4 Å². The summed E-state index contributed by atoms with van der Waals surface area (Å²) in [5, 5.41) is 3.54. The lowest BCUT2D eigenvalue weighted by Crippen LogP contribution is -2.22. The van der Waals surface area contributed by atoms with E-state index in [4.69, 9.17) is 0 Å². The van der Waals surface area contributed by atoms with E-state index in [1.807, 2.05) is 67.6 Å². The maximum absolute atomic E-state index is 12.8. The molecule has 0 aliphatic rings. The Bertz CT molecular complexity index is 1190. The van der Waals surface area contributed by atoms with Crippen molar-refractivity contribution in [2.24, 2.45) is 0 Å². The summed E-state index contributed by atoms with van der Waals surface area (Å²) in [6.07, 6.45) is 1.79. The highest BCUT2D eigenvalue weighted by Crippen LogP contribution is 2.23. The molecular weight excluding hydrogens is 368 g/mol. The lowest BCUT2D eigenvalue weighted by Gasteiger charge is -2.06. The first-order valence-corrected chi connectivity index (χ1v) is 9.93. The van der Waals surface area contributed by atoms with Crippen LogP contribution in [-0.4, -0.2) is 10.5 Å². The van der Waals surface area contributed by atoms with Crippen LogP contribution < -0.4 is 10.9 Å². The van der Waals surface area contributed by atoms with Gasteiger partial charge in [-0.3, -0.25) is 9.59 Å². The lowest BCUT2D eigenvalue weighted by molar-refractivity contribution is 0.0955. The van der Waals surface area contributed by atoms with Crippen molar-refractivity contribution in [1.82, 2.24) is 9.88 Å². The molecule has 0 spiro atoms. The first kappa shape index (κ1) is 18.2. The molecular formula is C23H20N2O2S. The molecule has 0 fully saturated rings. The molecule has 2 aromatic carbocycles. The van der Waals surface area contributed by atoms with E-state index < -0.39 is 0 Å². The third kappa shape index (κ3) is 3.75. The molecule has 1 amide bonds. The van der Waals surface area contributed by atoms with Crippen LogP contribution in [-0.2, 0) is 13.1 Å². The van der Waals surface area contributed by atoms with Crippen molar-refractivity contribution in [1.29, 1.82) is 0 Å². The van der Waals surface area contributed by atoms with E-state index in [1.165, 1.54) is 11.3 Å². The minimum absolute atomic E-state index is 0.0736. The molecule has 4 nitrogen and oxygen atoms in total. The van der Waals surface area contributed by atoms with Crippen LogP contribution in [0.3, 0.4) is 0 Å². The van der Waals surface area contributed by atoms with Gasteiger partial charge < -0.3 is 9.88 Å². The van der Waals surface area contributed by atoms with Crippen molar-refractivity contribution in [3.8, 4) is 0 Å². The Balaban J connectivity index is 1.56. The molecule has 0 aliphatic heterocycles. The zero-order chi connectivity index (χ0) is 19.5. The van der Waals surface area contributed by atoms with Crippen molar-refractivity contribution in [3.63, 3.8) is 0 Å². The van der Waals surface area contributed by atoms with Crippen LogP contribution >= 0.6 is 11.3 Å². The summed E-state index contributed by atoms with van der Waals surface area (Å²) >= 11 is 1.35. The van der Waals surface area contributed by atoms with E-state index in [1.54, 1.807) is 16.8 Å². The Morgan fingerprint density at radius 3 is 2.57 bits per heavy atom. The number of pyridine rings is 1. The highest BCUT2D eigenvalue weighted by atomic mass is 32.1. The van der Waals surface area contributed by atoms with Gasteiger partial charge in [0.1, 0.15) is 0 Å². The number of aromatic nitrogens is 1. The van der Waals surface area contributed by atoms with Crippen molar-refractivity contribution in [2.75, 3.05) is 0 Å². The van der Waals surface area contributed by atoms with Crippen LogP contribution in [0.5, 0.6) is 0 Å². The Morgan fingerprint density at radius 1 is 1.04 bits per heavy atom. The fourth-order valence-corrected chi connectivity index (χ4v) is 4.13. The zero-order valence-corrected chi connectivity index (χ0v) is 16.3. The maximum Gasteiger partial charge on any atom is 0.261 e. The molecule has 2 aromatic heterocycles. The third-order valence-electron chi connectivity index (χ3n) is 4.78. The van der Waals surface area contributed by atoms with Crippen LogP contribution in [0.1, 0.15) is 26.4 Å². The smallest absolute Gasteiger partial charge is 0.261 e. The van der Waals surface area contributed by atoms with E-state index >= 15 is 0 Å². The van der Waals surface area contributed by atoms with Crippen LogP contribution in [0.15, 0.2) is 77.7 Å². The first-order valence-electron chi connectivity index (χ1n) is 9.11. The molecule has 1 N–H and O–H groups in total. The predicted octanol–water partition coefficient (Wildman–Crippen LogP) is 4.35. The highest BCUT2D eigenvalue weighted by molar-refractivity contribution is 7.20. The van der Waals surface area contributed by atoms with Crippen molar-refractivity contribution < 1.29 is 4.79 Å². The van der Waals surface area contributed by atoms with Crippen molar-refractivity contribution in [3.05, 3.63) is 105 Å². The van der Waals surface area contributed by atoms with Crippen LogP contribution in [0.4, 0.5) is 0 Å². The molecule has 28 heavy (non-hydrogen) atoms. The number of hydrogen-bond acceptors (Lipinski definition) is 3. The summed E-state index contributed by atoms with van der Waals surface area (Å²) in [5.74, 6) is -0.154. The molecule has 4 aromatic rings. The number of fused-ring (bicyclic) bond motifs is 1. The fourth-order valence-electron chi connectivity index (χ4n) is 3.16. The van der Waals surface area contributed by atoms with E-state index in [9.17, 15) is 9.59 Å². The molecule has 4 rings (SSSR count). The molecule has 0 bridgehead atoms. The quantitative estimate of drug-likeness (QED) is 0.553. The standard InChI is InChI=1S/C23H20N2O2S/c1-16-7-5-6-10-18(16)14-24-22(26)21-13-19-20(28-21)11-12-25(23(19)27)15-17-8-3-2-4-9-17/h2-13H,14-15H2,1H3,(H,24,26). The summed E-state index contributed by atoms with van der Waals surface area (Å²) < 4.78 is 2.51. The largest absolute Gasteiger partial charge is 0.347 e. The van der Waals surface area contributed by atoms with Gasteiger partial charge in [0.25, 0.3) is 11.5 Å². The SMILES string of the molecule is Cc1ccccc1CNC(=O)c1cc2c(=O)n(Cc3ccccc3)ccc2s1. The Morgan fingerprint density at radius 2 is 1.79 bits per heavy atom. The number of hydrogen-bond donors (Lipinski definition) is 1. The van der Waals surface area contributed by atoms with E-state index in [0.717, 1.165) is 21.4 Å². The van der Waals surface area contributed by atoms with Crippen LogP contribution in [0.2, 0.25) is 0 Å². The number of thiophene rings is 1. The minimum Gasteiger partial charge on any atom is -0.347 e. The Hall–Kier alpha value is -3.18. The highest BCUT2D eigenvalue weighted by Gasteiger charge is 2.13. The number of carbonyl (C=O) groups excluding carboxylic acids is 1. The average Bonchev–Trinajstić information content (AvgIpc) is 3.15. The van der Waals surface area contributed by atoms with Gasteiger partial charge in [0.05, 0.1) is 16.8 Å². The Labute approximate surface area is 167 Å². The number of nitrogens with one attached hydrogen (secondary N) is 1. The summed E-state index contributed by atoms with van der Waals surface area (Å²) in [4.78, 5) is 26.0. The van der Waals surface area contributed by atoms with Gasteiger partial charge in [0.2, 0.25) is 0 Å². The van der Waals surface area contributed by atoms with Crippen molar-refractivity contribution >= 4 is 27.3 Å². The summed E-state index contributed by atoms with van der Waals surface area (Å²) in [6.45, 7) is 3.01. The minimum atomic E-state index is -0.154. The maximum atomic E-state index is 12.8. The average molecular weight is 388 g/mol. The van der Waals surface area contributed by atoms with Gasteiger partial charge in [0.15, 0.2) is 0 Å². The zero-order valence-electron chi connectivity index (χ0n) is 15.5. The molecule has 0 saturated carbocycles. The molecule has 0 saturated heterocycles. The first-order chi connectivity index (χ1) is 13.6. The molecule has 2 heterocycles. The number of nitrogens with zero attached hydrogens (tertiary/aromatic N) is 1. The van der Waals surface area contributed by atoms with Gasteiger partial charge in [-0.2, -0.15) is 0 Å². The molecule has 0 atom stereocenters. The summed E-state index contributed by atoms with van der Waals surface area (Å²) in [7, 11) is 0. The van der Waals surface area contributed by atoms with Gasteiger partial charge in [-0.15, -0.1) is 11.3 Å². The second kappa shape index (κ2) is 7.82. The number of rotatable bonds is 5. The molecule has 0 unspecified atom stereocenters. The van der Waals surface area contributed by atoms with E-state index in [0.29, 0.717) is 23.4 Å². The van der Waals surface area contributed by atoms with Gasteiger partial charge in [-0.1, -0.05) is 54.6 Å². The lowest BCUT2D eigenvalue weighted by atomic mass is 10.1. The number of carbonyl (C=O) groups is 1. The third-order valence-corrected chi connectivity index (χ3v) is 5.88. The van der Waals surface area contributed by atoms with Crippen LogP contribution in [0.25, 0.3) is 10.1 Å². The molecule has 140 valence electrons. The summed E-state index contributed by atoms with van der Waals surface area (Å²) in [6, 6.07) is 21.4. The summed E-state index contributed by atoms with van der Waals surface area (Å²) in [5.41, 5.74) is 3.22. The van der Waals surface area contributed by atoms with Crippen molar-refractivity contribution in [2.45, 2.75) is 20.0 Å². The fraction of sp³-hybridized carbons (Fsp3) is 0.130. The van der Waals surface area contributed by atoms with Gasteiger partial charge >= 0.3 is 0 Å². The number of amides is 1. The molecule has 0 radical (unpaired) electrons. The van der Waals surface area contributed by atoms with E-state index in [-0.39, 0.29) is 11.5 Å². The van der Waals surface area contributed by atoms with Gasteiger partial charge in [-0.05, 0) is 35.7 Å². The van der Waals surface area contributed by atoms with Gasteiger partial charge in [-0.25, -0.2) is 0 Å². The predicted molar refractivity (Wildman–Crippen MR) is 114 cm³/mol. The number of benzene rings is 2. The molecule has 0 aliphatic carbocycles. The topological polar surface area (TPSA) is 51.1 Å². The second-order valence-corrected chi connectivity index (χ2v) is 7.82. The molecule has 5 heteroatoms. The monoisotopic (exact) mass is 388 g/mol.